The Morgan fingerprint density at radius 3 is 1.34 bits per heavy atom. The van der Waals surface area contributed by atoms with Gasteiger partial charge in [-0.3, -0.25) is 10.1 Å². The van der Waals surface area contributed by atoms with Crippen LogP contribution in [0.4, 0.5) is 0 Å². The number of thioether (sulfide) groups is 1. The summed E-state index contributed by atoms with van der Waals surface area (Å²) in [4.78, 5) is 14.8. The standard InChI is InChI=1S/C33H26NOPS.ClH/c35-33(27-16-6-1-7-17-27)34-32(26-37-31-24-14-5-15-25-31)36(28-18-8-2-9-19-28,29-20-10-3-11-21-29)30-22-12-4-13-23-30;/h1-26H;1H/b32-26-;. The fraction of sp³-hybridized carbons (Fsp3) is 0. The number of carbonyl (C=O) groups is 1. The first-order valence-corrected chi connectivity index (χ1v) is 14.8. The van der Waals surface area contributed by atoms with Crippen molar-refractivity contribution in [1.82, 2.24) is 5.32 Å². The Morgan fingerprint density at radius 1 is 0.553 bits per heavy atom. The molecule has 0 saturated heterocycles. The van der Waals surface area contributed by atoms with Gasteiger partial charge in [0.2, 0.25) is 0 Å². The second-order valence-corrected chi connectivity index (χ2v) is 12.7. The van der Waals surface area contributed by atoms with E-state index in [0.29, 0.717) is 5.56 Å². The van der Waals surface area contributed by atoms with Crippen LogP contribution in [0.1, 0.15) is 10.4 Å². The molecule has 188 valence electrons. The molecular weight excluding hydrogens is 525 g/mol. The van der Waals surface area contributed by atoms with E-state index in [0.717, 1.165) is 10.3 Å². The van der Waals surface area contributed by atoms with Crippen LogP contribution in [-0.4, -0.2) is 5.91 Å². The van der Waals surface area contributed by atoms with Crippen LogP contribution in [-0.2, 0) is 0 Å². The van der Waals surface area contributed by atoms with Gasteiger partial charge in [0.1, 0.15) is 15.9 Å². The van der Waals surface area contributed by atoms with Crippen molar-refractivity contribution in [1.29, 1.82) is 0 Å². The number of hydrogen-bond acceptors (Lipinski definition) is 2. The number of nitrogens with one attached hydrogen (secondary N) is 1. The van der Waals surface area contributed by atoms with Gasteiger partial charge >= 0.3 is 0 Å². The molecule has 0 spiro atoms. The van der Waals surface area contributed by atoms with Gasteiger partial charge in [0, 0.05) is 15.9 Å². The van der Waals surface area contributed by atoms with Crippen molar-refractivity contribution in [2.45, 2.75) is 4.90 Å². The average Bonchev–Trinajstić information content (AvgIpc) is 2.99. The molecule has 0 atom stereocenters. The number of amides is 1. The number of halogens is 1. The Labute approximate surface area is 235 Å². The quantitative estimate of drug-likeness (QED) is 0.233. The summed E-state index contributed by atoms with van der Waals surface area (Å²) < 4.78 is 0. The molecule has 5 heteroatoms. The van der Waals surface area contributed by atoms with Gasteiger partial charge in [0.05, 0.1) is 0 Å². The molecule has 0 unspecified atom stereocenters. The molecule has 1 N–H and O–H groups in total. The first-order chi connectivity index (χ1) is 18.3. The maximum atomic E-state index is 13.7. The molecule has 38 heavy (non-hydrogen) atoms. The maximum Gasteiger partial charge on any atom is 0.258 e. The van der Waals surface area contributed by atoms with E-state index in [2.05, 4.69) is 95.7 Å². The predicted octanol–water partition coefficient (Wildman–Crippen LogP) is 4.01. The van der Waals surface area contributed by atoms with Crippen LogP contribution in [0.25, 0.3) is 0 Å². The highest BCUT2D eigenvalue weighted by molar-refractivity contribution is 8.04. The van der Waals surface area contributed by atoms with Crippen molar-refractivity contribution in [3.8, 4) is 0 Å². The van der Waals surface area contributed by atoms with Gasteiger partial charge in [-0.15, -0.1) is 0 Å². The summed E-state index contributed by atoms with van der Waals surface area (Å²) in [5.74, 6) is -0.118. The zero-order valence-corrected chi connectivity index (χ0v) is 23.1. The van der Waals surface area contributed by atoms with Crippen molar-refractivity contribution in [3.05, 3.63) is 168 Å². The first-order valence-electron chi connectivity index (χ1n) is 12.1. The average molecular weight is 552 g/mol. The molecule has 0 saturated carbocycles. The molecule has 1 amide bonds. The van der Waals surface area contributed by atoms with Crippen LogP contribution < -0.4 is 33.6 Å². The summed E-state index contributed by atoms with van der Waals surface area (Å²) >= 11 is 1.63. The third-order valence-electron chi connectivity index (χ3n) is 6.12. The van der Waals surface area contributed by atoms with Crippen molar-refractivity contribution in [2.24, 2.45) is 0 Å². The minimum atomic E-state index is -2.47. The number of hydrogen-bond donors (Lipinski definition) is 1. The van der Waals surface area contributed by atoms with Gasteiger partial charge in [-0.2, -0.15) is 0 Å². The van der Waals surface area contributed by atoms with Gasteiger partial charge < -0.3 is 12.4 Å². The third-order valence-corrected chi connectivity index (χ3v) is 11.4. The molecular formula is C33H27ClNOPS. The van der Waals surface area contributed by atoms with Crippen LogP contribution in [0.2, 0.25) is 0 Å². The zero-order chi connectivity index (χ0) is 25.3. The highest BCUT2D eigenvalue weighted by Gasteiger charge is 2.50. The van der Waals surface area contributed by atoms with Crippen LogP contribution in [0.15, 0.2) is 167 Å². The fourth-order valence-corrected chi connectivity index (χ4v) is 9.68. The number of rotatable bonds is 8. The fourth-order valence-electron chi connectivity index (χ4n) is 4.41. The van der Waals surface area contributed by atoms with Gasteiger partial charge in [-0.05, 0) is 60.7 Å². The minimum absolute atomic E-state index is 0. The molecule has 0 fully saturated rings. The Morgan fingerprint density at radius 2 is 0.921 bits per heavy atom. The largest absolute Gasteiger partial charge is 1.00 e. The molecule has 0 heterocycles. The van der Waals surface area contributed by atoms with Crippen LogP contribution in [0.3, 0.4) is 0 Å². The Bertz CT molecular complexity index is 1370. The van der Waals surface area contributed by atoms with E-state index in [1.165, 1.54) is 15.9 Å². The summed E-state index contributed by atoms with van der Waals surface area (Å²) in [6.07, 6.45) is 0. The van der Waals surface area contributed by atoms with E-state index in [1.807, 2.05) is 66.7 Å². The lowest BCUT2D eigenvalue weighted by Gasteiger charge is -2.29. The third kappa shape index (κ3) is 5.92. The Balaban J connectivity index is 0.00000336. The monoisotopic (exact) mass is 551 g/mol. The molecule has 5 rings (SSSR count). The molecule has 0 radical (unpaired) electrons. The van der Waals surface area contributed by atoms with E-state index in [9.17, 15) is 4.79 Å². The van der Waals surface area contributed by atoms with E-state index in [-0.39, 0.29) is 18.3 Å². The SMILES string of the molecule is O=C(N/C(=C/Sc1ccccc1)[P+](c1ccccc1)(c1ccccc1)c1ccccc1)c1ccccc1.[Cl-]. The lowest BCUT2D eigenvalue weighted by Crippen LogP contribution is -3.00. The topological polar surface area (TPSA) is 29.1 Å². The molecule has 0 bridgehead atoms. The number of benzene rings is 5. The van der Waals surface area contributed by atoms with Gasteiger partial charge in [-0.25, -0.2) is 0 Å². The van der Waals surface area contributed by atoms with E-state index in [4.69, 9.17) is 0 Å². The van der Waals surface area contributed by atoms with Crippen molar-refractivity contribution >= 4 is 40.8 Å². The lowest BCUT2D eigenvalue weighted by molar-refractivity contribution is -0.0000153. The molecule has 0 aliphatic carbocycles. The van der Waals surface area contributed by atoms with E-state index < -0.39 is 7.26 Å². The molecule has 5 aromatic rings. The maximum absolute atomic E-state index is 13.7. The smallest absolute Gasteiger partial charge is 0.258 e. The molecule has 0 aliphatic heterocycles. The summed E-state index contributed by atoms with van der Waals surface area (Å²) in [6, 6.07) is 51.4. The van der Waals surface area contributed by atoms with Crippen molar-refractivity contribution in [2.75, 3.05) is 0 Å². The van der Waals surface area contributed by atoms with Crippen molar-refractivity contribution < 1.29 is 17.2 Å². The number of carbonyl (C=O) groups excluding carboxylic acids is 1. The summed E-state index contributed by atoms with van der Waals surface area (Å²) in [5.41, 5.74) is 1.53. The highest BCUT2D eigenvalue weighted by Crippen LogP contribution is 2.62. The minimum Gasteiger partial charge on any atom is -1.00 e. The zero-order valence-electron chi connectivity index (χ0n) is 20.7. The summed E-state index contributed by atoms with van der Waals surface area (Å²) in [5, 5.41) is 9.07. The second kappa shape index (κ2) is 13.3. The van der Waals surface area contributed by atoms with E-state index in [1.54, 1.807) is 11.8 Å². The Kier molecular flexibility index (Phi) is 9.56. The predicted molar refractivity (Wildman–Crippen MR) is 159 cm³/mol. The van der Waals surface area contributed by atoms with Crippen LogP contribution in [0, 0.1) is 0 Å². The van der Waals surface area contributed by atoms with Gasteiger partial charge in [-0.1, -0.05) is 103 Å². The Hall–Kier alpha value is -3.62. The molecule has 0 aliphatic rings. The second-order valence-electron chi connectivity index (χ2n) is 8.43. The van der Waals surface area contributed by atoms with Crippen molar-refractivity contribution in [3.63, 3.8) is 0 Å². The summed E-state index contributed by atoms with van der Waals surface area (Å²) in [6.45, 7) is 0. The first kappa shape index (κ1) is 27.4. The van der Waals surface area contributed by atoms with Gasteiger partial charge in [0.25, 0.3) is 5.91 Å². The molecule has 2 nitrogen and oxygen atoms in total. The van der Waals surface area contributed by atoms with E-state index >= 15 is 0 Å². The lowest BCUT2D eigenvalue weighted by atomic mass is 10.2. The highest BCUT2D eigenvalue weighted by atomic mass is 35.5. The molecule has 5 aromatic carbocycles. The van der Waals surface area contributed by atoms with Gasteiger partial charge in [0.15, 0.2) is 12.7 Å². The normalized spacial score (nSPS) is 11.3. The van der Waals surface area contributed by atoms with Crippen LogP contribution in [0.5, 0.6) is 0 Å². The summed E-state index contributed by atoms with van der Waals surface area (Å²) in [7, 11) is -2.47. The molecule has 0 aromatic heterocycles. The van der Waals surface area contributed by atoms with Crippen LogP contribution >= 0.6 is 19.0 Å².